The summed E-state index contributed by atoms with van der Waals surface area (Å²) >= 11 is 6.07. The normalized spacial score (nSPS) is 14.2. The summed E-state index contributed by atoms with van der Waals surface area (Å²) in [6.45, 7) is 5.84. The lowest BCUT2D eigenvalue weighted by Gasteiger charge is -2.26. The summed E-state index contributed by atoms with van der Waals surface area (Å²) in [7, 11) is 0. The van der Waals surface area contributed by atoms with Crippen molar-refractivity contribution in [1.82, 2.24) is 10.6 Å². The van der Waals surface area contributed by atoms with E-state index in [1.807, 2.05) is 53.4 Å². The number of carbonyl (C=O) groups is 2. The molecule has 0 unspecified atom stereocenters. The summed E-state index contributed by atoms with van der Waals surface area (Å²) in [5.74, 6) is 0.174. The van der Waals surface area contributed by atoms with Gasteiger partial charge in [-0.2, -0.15) is 0 Å². The standard InChI is InChI=1S/C22H26ClN3O2/c1-22(2,17-5-3-6-18(23)13-17)15-25-21(28)24-14-16-8-10-19(11-9-16)26-12-4-7-20(26)27/h3,5-6,8-11,13H,4,7,12,14-15H2,1-2H3,(H2,24,25,28). The van der Waals surface area contributed by atoms with Crippen LogP contribution in [0.25, 0.3) is 0 Å². The van der Waals surface area contributed by atoms with E-state index in [1.54, 1.807) is 0 Å². The molecule has 3 rings (SSSR count). The summed E-state index contributed by atoms with van der Waals surface area (Å²) < 4.78 is 0. The lowest BCUT2D eigenvalue weighted by Crippen LogP contribution is -2.42. The Bertz CT molecular complexity index is 849. The van der Waals surface area contributed by atoms with Crippen LogP contribution in [-0.2, 0) is 16.8 Å². The highest BCUT2D eigenvalue weighted by atomic mass is 35.5. The molecule has 0 aliphatic carbocycles. The predicted octanol–water partition coefficient (Wildman–Crippen LogP) is 4.24. The Morgan fingerprint density at radius 1 is 1.14 bits per heavy atom. The lowest BCUT2D eigenvalue weighted by molar-refractivity contribution is -0.117. The summed E-state index contributed by atoms with van der Waals surface area (Å²) in [4.78, 5) is 25.8. The van der Waals surface area contributed by atoms with Crippen LogP contribution in [0.15, 0.2) is 48.5 Å². The molecule has 0 aromatic heterocycles. The first-order valence-corrected chi connectivity index (χ1v) is 9.90. The van der Waals surface area contributed by atoms with Crippen molar-refractivity contribution < 1.29 is 9.59 Å². The van der Waals surface area contributed by atoms with E-state index in [-0.39, 0.29) is 17.4 Å². The van der Waals surface area contributed by atoms with Gasteiger partial charge in [-0.25, -0.2) is 4.79 Å². The van der Waals surface area contributed by atoms with Crippen LogP contribution >= 0.6 is 11.6 Å². The van der Waals surface area contributed by atoms with Crippen LogP contribution in [0.1, 0.15) is 37.8 Å². The number of rotatable bonds is 6. The molecule has 5 nitrogen and oxygen atoms in total. The van der Waals surface area contributed by atoms with Gasteiger partial charge in [0.05, 0.1) is 0 Å². The molecule has 0 radical (unpaired) electrons. The molecule has 1 saturated heterocycles. The quantitative estimate of drug-likeness (QED) is 0.763. The van der Waals surface area contributed by atoms with Crippen LogP contribution in [0, 0.1) is 0 Å². The van der Waals surface area contributed by atoms with Gasteiger partial charge in [0.25, 0.3) is 0 Å². The fraction of sp³-hybridized carbons (Fsp3) is 0.364. The molecule has 2 N–H and O–H groups in total. The number of amides is 3. The van der Waals surface area contributed by atoms with E-state index in [0.717, 1.165) is 29.8 Å². The zero-order valence-electron chi connectivity index (χ0n) is 16.3. The largest absolute Gasteiger partial charge is 0.337 e. The fourth-order valence-electron chi connectivity index (χ4n) is 3.27. The summed E-state index contributed by atoms with van der Waals surface area (Å²) in [6.07, 6.45) is 1.53. The second kappa shape index (κ2) is 8.65. The van der Waals surface area contributed by atoms with E-state index in [0.29, 0.717) is 24.5 Å². The van der Waals surface area contributed by atoms with Crippen molar-refractivity contribution in [2.45, 2.75) is 38.6 Å². The number of hydrogen-bond donors (Lipinski definition) is 2. The van der Waals surface area contributed by atoms with Crippen LogP contribution in [-0.4, -0.2) is 25.0 Å². The highest BCUT2D eigenvalue weighted by molar-refractivity contribution is 6.30. The van der Waals surface area contributed by atoms with E-state index in [9.17, 15) is 9.59 Å². The molecular weight excluding hydrogens is 374 g/mol. The third-order valence-corrected chi connectivity index (χ3v) is 5.31. The van der Waals surface area contributed by atoms with E-state index in [1.165, 1.54) is 0 Å². The van der Waals surface area contributed by atoms with Crippen LogP contribution in [0.2, 0.25) is 5.02 Å². The Labute approximate surface area is 171 Å². The summed E-state index contributed by atoms with van der Waals surface area (Å²) in [5.41, 5.74) is 2.75. The first kappa shape index (κ1) is 20.2. The van der Waals surface area contributed by atoms with Crippen LogP contribution in [0.5, 0.6) is 0 Å². The molecule has 0 bridgehead atoms. The maximum Gasteiger partial charge on any atom is 0.315 e. The Morgan fingerprint density at radius 2 is 1.89 bits per heavy atom. The number of carbonyl (C=O) groups excluding carboxylic acids is 2. The third-order valence-electron chi connectivity index (χ3n) is 5.07. The minimum atomic E-state index is -0.230. The van der Waals surface area contributed by atoms with E-state index in [2.05, 4.69) is 24.5 Å². The van der Waals surface area contributed by atoms with E-state index < -0.39 is 0 Å². The van der Waals surface area contributed by atoms with Crippen molar-refractivity contribution in [3.8, 4) is 0 Å². The van der Waals surface area contributed by atoms with Crippen LogP contribution in [0.3, 0.4) is 0 Å². The average molecular weight is 400 g/mol. The molecule has 28 heavy (non-hydrogen) atoms. The Morgan fingerprint density at radius 3 is 2.54 bits per heavy atom. The van der Waals surface area contributed by atoms with Crippen molar-refractivity contribution in [1.29, 1.82) is 0 Å². The molecule has 2 aromatic carbocycles. The van der Waals surface area contributed by atoms with Crippen LogP contribution in [0.4, 0.5) is 10.5 Å². The maximum absolute atomic E-state index is 12.2. The lowest BCUT2D eigenvalue weighted by atomic mass is 9.85. The first-order chi connectivity index (χ1) is 13.3. The van der Waals surface area contributed by atoms with Crippen molar-refractivity contribution >= 4 is 29.2 Å². The minimum Gasteiger partial charge on any atom is -0.337 e. The van der Waals surface area contributed by atoms with Crippen molar-refractivity contribution in [2.24, 2.45) is 0 Å². The molecule has 3 amide bonds. The number of nitrogens with zero attached hydrogens (tertiary/aromatic N) is 1. The third kappa shape index (κ3) is 5.04. The van der Waals surface area contributed by atoms with Gasteiger partial charge < -0.3 is 15.5 Å². The van der Waals surface area contributed by atoms with Gasteiger partial charge in [0.2, 0.25) is 5.91 Å². The van der Waals surface area contributed by atoms with E-state index >= 15 is 0 Å². The molecule has 2 aromatic rings. The molecule has 1 fully saturated rings. The number of benzene rings is 2. The number of hydrogen-bond acceptors (Lipinski definition) is 2. The number of nitrogens with one attached hydrogen (secondary N) is 2. The Hall–Kier alpha value is -2.53. The van der Waals surface area contributed by atoms with Gasteiger partial charge in [-0.3, -0.25) is 4.79 Å². The van der Waals surface area contributed by atoms with Gasteiger partial charge in [0.1, 0.15) is 0 Å². The molecule has 6 heteroatoms. The summed E-state index contributed by atoms with van der Waals surface area (Å²) in [5, 5.41) is 6.49. The monoisotopic (exact) mass is 399 g/mol. The van der Waals surface area contributed by atoms with Gasteiger partial charge in [-0.1, -0.05) is 49.7 Å². The fourth-order valence-corrected chi connectivity index (χ4v) is 3.46. The van der Waals surface area contributed by atoms with Crippen molar-refractivity contribution in [2.75, 3.05) is 18.0 Å². The van der Waals surface area contributed by atoms with Gasteiger partial charge in [0, 0.05) is 42.2 Å². The maximum atomic E-state index is 12.2. The molecule has 0 atom stereocenters. The highest BCUT2D eigenvalue weighted by Gasteiger charge is 2.22. The summed E-state index contributed by atoms with van der Waals surface area (Å²) in [6, 6.07) is 15.2. The molecule has 0 saturated carbocycles. The Kier molecular flexibility index (Phi) is 6.25. The topological polar surface area (TPSA) is 61.4 Å². The van der Waals surface area contributed by atoms with Gasteiger partial charge >= 0.3 is 6.03 Å². The molecular formula is C22H26ClN3O2. The zero-order valence-corrected chi connectivity index (χ0v) is 17.1. The number of urea groups is 1. The highest BCUT2D eigenvalue weighted by Crippen LogP contribution is 2.25. The van der Waals surface area contributed by atoms with Crippen molar-refractivity contribution in [3.05, 3.63) is 64.7 Å². The van der Waals surface area contributed by atoms with E-state index in [4.69, 9.17) is 11.6 Å². The predicted molar refractivity (Wildman–Crippen MR) is 113 cm³/mol. The van der Waals surface area contributed by atoms with Gasteiger partial charge in [-0.15, -0.1) is 0 Å². The second-order valence-corrected chi connectivity index (χ2v) is 8.18. The molecule has 1 aliphatic heterocycles. The smallest absolute Gasteiger partial charge is 0.315 e. The first-order valence-electron chi connectivity index (χ1n) is 9.52. The number of anilines is 1. The average Bonchev–Trinajstić information content (AvgIpc) is 3.11. The minimum absolute atomic E-state index is 0.174. The number of halogens is 1. The molecule has 0 spiro atoms. The Balaban J connectivity index is 1.48. The van der Waals surface area contributed by atoms with Gasteiger partial charge in [0.15, 0.2) is 0 Å². The molecule has 1 aliphatic rings. The SMILES string of the molecule is CC(C)(CNC(=O)NCc1ccc(N2CCCC2=O)cc1)c1cccc(Cl)c1. The van der Waals surface area contributed by atoms with Crippen molar-refractivity contribution in [3.63, 3.8) is 0 Å². The molecule has 148 valence electrons. The van der Waals surface area contributed by atoms with Gasteiger partial charge in [-0.05, 0) is 41.8 Å². The van der Waals surface area contributed by atoms with Crippen LogP contribution < -0.4 is 15.5 Å². The second-order valence-electron chi connectivity index (χ2n) is 7.75. The molecule has 1 heterocycles. The zero-order chi connectivity index (χ0) is 20.1.